The highest BCUT2D eigenvalue weighted by Crippen LogP contribution is 2.08. The normalized spacial score (nSPS) is 10.0. The third-order valence-corrected chi connectivity index (χ3v) is 2.60. The average Bonchev–Trinajstić information content (AvgIpc) is 2.35. The lowest BCUT2D eigenvalue weighted by atomic mass is 10.1. The second-order valence-electron chi connectivity index (χ2n) is 3.81. The smallest absolute Gasteiger partial charge is 0.335 e. The van der Waals surface area contributed by atoms with Crippen LogP contribution in [0.5, 0.6) is 0 Å². The van der Waals surface area contributed by atoms with Crippen molar-refractivity contribution in [2.75, 3.05) is 13.1 Å². The summed E-state index contributed by atoms with van der Waals surface area (Å²) >= 11 is 0. The van der Waals surface area contributed by atoms with Gasteiger partial charge < -0.3 is 10.0 Å². The molecule has 0 fully saturated rings. The standard InChI is InChI=1S/C13H18N2O2/c1-3-9-15(4-2)12(14)10-5-7-11(8-6-10)13(16)17/h5-8,14H,3-4,9H2,1-2H3,(H,16,17). The monoisotopic (exact) mass is 234 g/mol. The molecule has 1 aromatic carbocycles. The van der Waals surface area contributed by atoms with Crippen molar-refractivity contribution in [1.29, 1.82) is 5.41 Å². The Hall–Kier alpha value is -1.84. The van der Waals surface area contributed by atoms with Crippen LogP contribution in [-0.4, -0.2) is 34.9 Å². The number of hydrogen-bond donors (Lipinski definition) is 2. The molecule has 1 aromatic rings. The van der Waals surface area contributed by atoms with Crippen LogP contribution < -0.4 is 0 Å². The first kappa shape index (κ1) is 13.2. The van der Waals surface area contributed by atoms with Gasteiger partial charge in [-0.05, 0) is 25.5 Å². The van der Waals surface area contributed by atoms with Crippen LogP contribution in [0, 0.1) is 5.41 Å². The Bertz CT molecular complexity index is 398. The van der Waals surface area contributed by atoms with Crippen molar-refractivity contribution in [2.24, 2.45) is 0 Å². The zero-order valence-corrected chi connectivity index (χ0v) is 10.2. The molecule has 92 valence electrons. The summed E-state index contributed by atoms with van der Waals surface area (Å²) in [5, 5.41) is 16.8. The van der Waals surface area contributed by atoms with Gasteiger partial charge in [-0.3, -0.25) is 5.41 Å². The Balaban J connectivity index is 2.85. The minimum absolute atomic E-state index is 0.250. The molecule has 0 radical (unpaired) electrons. The van der Waals surface area contributed by atoms with Gasteiger partial charge in [-0.1, -0.05) is 19.1 Å². The van der Waals surface area contributed by atoms with Gasteiger partial charge in [-0.15, -0.1) is 0 Å². The van der Waals surface area contributed by atoms with Crippen LogP contribution in [0.4, 0.5) is 0 Å². The zero-order valence-electron chi connectivity index (χ0n) is 10.2. The van der Waals surface area contributed by atoms with Gasteiger partial charge in [-0.2, -0.15) is 0 Å². The van der Waals surface area contributed by atoms with Crippen molar-refractivity contribution in [2.45, 2.75) is 20.3 Å². The molecule has 17 heavy (non-hydrogen) atoms. The Morgan fingerprint density at radius 1 is 1.24 bits per heavy atom. The van der Waals surface area contributed by atoms with E-state index in [4.69, 9.17) is 10.5 Å². The molecule has 0 aliphatic rings. The van der Waals surface area contributed by atoms with E-state index in [0.29, 0.717) is 5.84 Å². The van der Waals surface area contributed by atoms with E-state index >= 15 is 0 Å². The summed E-state index contributed by atoms with van der Waals surface area (Å²) in [7, 11) is 0. The third kappa shape index (κ3) is 3.31. The number of benzene rings is 1. The number of carbonyl (C=O) groups is 1. The molecule has 0 unspecified atom stereocenters. The number of hydrogen-bond acceptors (Lipinski definition) is 2. The minimum Gasteiger partial charge on any atom is -0.478 e. The summed E-state index contributed by atoms with van der Waals surface area (Å²) in [6, 6.07) is 6.44. The summed E-state index contributed by atoms with van der Waals surface area (Å²) in [5.41, 5.74) is 1.00. The van der Waals surface area contributed by atoms with E-state index in [2.05, 4.69) is 6.92 Å². The summed E-state index contributed by atoms with van der Waals surface area (Å²) in [4.78, 5) is 12.7. The second-order valence-corrected chi connectivity index (χ2v) is 3.81. The number of nitrogens with one attached hydrogen (secondary N) is 1. The maximum atomic E-state index is 10.7. The largest absolute Gasteiger partial charge is 0.478 e. The molecule has 0 aromatic heterocycles. The lowest BCUT2D eigenvalue weighted by molar-refractivity contribution is 0.0697. The highest BCUT2D eigenvalue weighted by Gasteiger charge is 2.10. The van der Waals surface area contributed by atoms with Gasteiger partial charge in [0.15, 0.2) is 0 Å². The van der Waals surface area contributed by atoms with E-state index in [-0.39, 0.29) is 5.56 Å². The summed E-state index contributed by atoms with van der Waals surface area (Å²) in [6.07, 6.45) is 0.990. The molecule has 0 spiro atoms. The average molecular weight is 234 g/mol. The van der Waals surface area contributed by atoms with Crippen LogP contribution in [-0.2, 0) is 0 Å². The van der Waals surface area contributed by atoms with Crippen LogP contribution >= 0.6 is 0 Å². The molecule has 2 N–H and O–H groups in total. The van der Waals surface area contributed by atoms with E-state index in [1.807, 2.05) is 11.8 Å². The molecule has 0 atom stereocenters. The second kappa shape index (κ2) is 6.03. The number of aromatic carboxylic acids is 1. The quantitative estimate of drug-likeness (QED) is 0.607. The summed E-state index contributed by atoms with van der Waals surface area (Å²) < 4.78 is 0. The van der Waals surface area contributed by atoms with Crippen molar-refractivity contribution in [1.82, 2.24) is 4.90 Å². The van der Waals surface area contributed by atoms with Gasteiger partial charge in [0.05, 0.1) is 5.56 Å². The Morgan fingerprint density at radius 3 is 2.18 bits per heavy atom. The molecule has 0 aliphatic heterocycles. The molecule has 0 saturated carbocycles. The van der Waals surface area contributed by atoms with Gasteiger partial charge in [0, 0.05) is 18.7 Å². The van der Waals surface area contributed by atoms with Crippen molar-refractivity contribution in [3.63, 3.8) is 0 Å². The lowest BCUT2D eigenvalue weighted by Gasteiger charge is -2.23. The van der Waals surface area contributed by atoms with Crippen molar-refractivity contribution in [3.8, 4) is 0 Å². The predicted molar refractivity (Wildman–Crippen MR) is 67.8 cm³/mol. The van der Waals surface area contributed by atoms with Gasteiger partial charge in [-0.25, -0.2) is 4.79 Å². The molecule has 1 rings (SSSR count). The predicted octanol–water partition coefficient (Wildman–Crippen LogP) is 2.44. The third-order valence-electron chi connectivity index (χ3n) is 2.60. The molecular formula is C13H18N2O2. The summed E-state index contributed by atoms with van der Waals surface area (Å²) in [6.45, 7) is 5.71. The minimum atomic E-state index is -0.941. The number of nitrogens with zero attached hydrogens (tertiary/aromatic N) is 1. The SMILES string of the molecule is CCCN(CC)C(=N)c1ccc(C(=O)O)cc1. The maximum Gasteiger partial charge on any atom is 0.335 e. The first-order valence-electron chi connectivity index (χ1n) is 5.77. The van der Waals surface area contributed by atoms with E-state index in [1.54, 1.807) is 12.1 Å². The van der Waals surface area contributed by atoms with Crippen LogP contribution in [0.2, 0.25) is 0 Å². The van der Waals surface area contributed by atoms with Gasteiger partial charge in [0.2, 0.25) is 0 Å². The number of rotatable bonds is 5. The molecular weight excluding hydrogens is 216 g/mol. The van der Waals surface area contributed by atoms with Crippen molar-refractivity contribution in [3.05, 3.63) is 35.4 Å². The highest BCUT2D eigenvalue weighted by molar-refractivity contribution is 5.97. The first-order chi connectivity index (χ1) is 8.10. The molecule has 4 nitrogen and oxygen atoms in total. The molecule has 0 heterocycles. The van der Waals surface area contributed by atoms with E-state index < -0.39 is 5.97 Å². The zero-order chi connectivity index (χ0) is 12.8. The molecule has 0 aliphatic carbocycles. The molecule has 0 amide bonds. The Kier molecular flexibility index (Phi) is 4.69. The topological polar surface area (TPSA) is 64.4 Å². The molecule has 0 saturated heterocycles. The molecule has 4 heteroatoms. The van der Waals surface area contributed by atoms with Crippen molar-refractivity contribution >= 4 is 11.8 Å². The van der Waals surface area contributed by atoms with E-state index in [9.17, 15) is 4.79 Å². The number of carboxylic acid groups (broad SMARTS) is 1. The van der Waals surface area contributed by atoms with Crippen LogP contribution in [0.3, 0.4) is 0 Å². The van der Waals surface area contributed by atoms with Crippen molar-refractivity contribution < 1.29 is 9.90 Å². The fraction of sp³-hybridized carbons (Fsp3) is 0.385. The summed E-state index contributed by atoms with van der Waals surface area (Å²) in [5.74, 6) is -0.490. The fourth-order valence-electron chi connectivity index (χ4n) is 1.65. The van der Waals surface area contributed by atoms with Crippen LogP contribution in [0.1, 0.15) is 36.2 Å². The van der Waals surface area contributed by atoms with Gasteiger partial charge in [0.1, 0.15) is 5.84 Å². The van der Waals surface area contributed by atoms with E-state index in [1.165, 1.54) is 12.1 Å². The lowest BCUT2D eigenvalue weighted by Crippen LogP contribution is -2.31. The fourth-order valence-corrected chi connectivity index (χ4v) is 1.65. The number of carboxylic acids is 1. The Morgan fingerprint density at radius 2 is 1.76 bits per heavy atom. The van der Waals surface area contributed by atoms with Gasteiger partial charge in [0.25, 0.3) is 0 Å². The maximum absolute atomic E-state index is 10.7. The van der Waals surface area contributed by atoms with Gasteiger partial charge >= 0.3 is 5.97 Å². The highest BCUT2D eigenvalue weighted by atomic mass is 16.4. The van der Waals surface area contributed by atoms with E-state index in [0.717, 1.165) is 25.1 Å². The first-order valence-corrected chi connectivity index (χ1v) is 5.77. The number of amidine groups is 1. The molecule has 0 bridgehead atoms. The Labute approximate surface area is 101 Å². The van der Waals surface area contributed by atoms with Crippen LogP contribution in [0.15, 0.2) is 24.3 Å². The van der Waals surface area contributed by atoms with Crippen LogP contribution in [0.25, 0.3) is 0 Å².